The van der Waals surface area contributed by atoms with Crippen molar-refractivity contribution in [1.29, 1.82) is 0 Å². The monoisotopic (exact) mass is 273 g/mol. The largest absolute Gasteiger partial charge is 0.373 e. The molecule has 0 spiro atoms. The van der Waals surface area contributed by atoms with Crippen molar-refractivity contribution in [3.05, 3.63) is 52.3 Å². The molecule has 104 valence electrons. The van der Waals surface area contributed by atoms with E-state index in [1.165, 1.54) is 6.07 Å². The molecular weight excluding hydrogens is 258 g/mol. The zero-order chi connectivity index (χ0) is 14.4. The normalized spacial score (nSPS) is 10.1. The summed E-state index contributed by atoms with van der Waals surface area (Å²) >= 11 is 0. The minimum Gasteiger partial charge on any atom is -0.373 e. The molecule has 0 aliphatic heterocycles. The van der Waals surface area contributed by atoms with E-state index in [4.69, 9.17) is 0 Å². The molecule has 0 unspecified atom stereocenters. The van der Waals surface area contributed by atoms with Crippen LogP contribution in [0.25, 0.3) is 0 Å². The Morgan fingerprint density at radius 3 is 2.85 bits per heavy atom. The number of hydrogen-bond donors (Lipinski definition) is 2. The number of anilines is 2. The van der Waals surface area contributed by atoms with Gasteiger partial charge in [-0.25, -0.2) is 4.98 Å². The second-order valence-corrected chi connectivity index (χ2v) is 4.11. The van der Waals surface area contributed by atoms with Crippen LogP contribution in [0.15, 0.2) is 36.7 Å². The maximum atomic E-state index is 10.9. The van der Waals surface area contributed by atoms with Crippen LogP contribution in [0.5, 0.6) is 0 Å². The SMILES string of the molecule is CNc1ccc([N+](=O)[O-])c(NCCc2cccnc2)n1. The van der Waals surface area contributed by atoms with E-state index in [-0.39, 0.29) is 11.5 Å². The van der Waals surface area contributed by atoms with E-state index in [1.54, 1.807) is 25.5 Å². The molecule has 2 N–H and O–H groups in total. The highest BCUT2D eigenvalue weighted by Crippen LogP contribution is 2.23. The van der Waals surface area contributed by atoms with Crippen LogP contribution in [0.3, 0.4) is 0 Å². The summed E-state index contributed by atoms with van der Waals surface area (Å²) in [5.41, 5.74) is 1.03. The van der Waals surface area contributed by atoms with E-state index in [0.29, 0.717) is 12.4 Å². The molecule has 7 heteroatoms. The van der Waals surface area contributed by atoms with E-state index >= 15 is 0 Å². The summed E-state index contributed by atoms with van der Waals surface area (Å²) in [5, 5.41) is 16.8. The predicted octanol–water partition coefficient (Wildman–Crippen LogP) is 2.08. The van der Waals surface area contributed by atoms with Gasteiger partial charge in [0.15, 0.2) is 0 Å². The van der Waals surface area contributed by atoms with E-state index in [0.717, 1.165) is 12.0 Å². The third-order valence-electron chi connectivity index (χ3n) is 2.76. The van der Waals surface area contributed by atoms with Crippen molar-refractivity contribution in [2.75, 3.05) is 24.2 Å². The maximum absolute atomic E-state index is 10.9. The third-order valence-corrected chi connectivity index (χ3v) is 2.76. The van der Waals surface area contributed by atoms with Crippen LogP contribution in [0.2, 0.25) is 0 Å². The predicted molar refractivity (Wildman–Crippen MR) is 76.9 cm³/mol. The van der Waals surface area contributed by atoms with Gasteiger partial charge in [0.25, 0.3) is 0 Å². The van der Waals surface area contributed by atoms with Gasteiger partial charge in [-0.05, 0) is 24.1 Å². The topological polar surface area (TPSA) is 93.0 Å². The molecular formula is C13H15N5O2. The van der Waals surface area contributed by atoms with Crippen LogP contribution < -0.4 is 10.6 Å². The number of hydrogen-bond acceptors (Lipinski definition) is 6. The quantitative estimate of drug-likeness (QED) is 0.618. The van der Waals surface area contributed by atoms with Gasteiger partial charge in [-0.2, -0.15) is 0 Å². The summed E-state index contributed by atoms with van der Waals surface area (Å²) in [7, 11) is 1.72. The van der Waals surface area contributed by atoms with Crippen LogP contribution in [0.4, 0.5) is 17.3 Å². The Bertz CT molecular complexity index is 589. The Kier molecular flexibility index (Phi) is 4.43. The van der Waals surface area contributed by atoms with Crippen molar-refractivity contribution >= 4 is 17.3 Å². The molecule has 0 aromatic carbocycles. The number of rotatable bonds is 6. The zero-order valence-electron chi connectivity index (χ0n) is 11.0. The molecule has 20 heavy (non-hydrogen) atoms. The third kappa shape index (κ3) is 3.41. The number of nitrogens with one attached hydrogen (secondary N) is 2. The molecule has 0 saturated carbocycles. The smallest absolute Gasteiger partial charge is 0.311 e. The number of nitro groups is 1. The van der Waals surface area contributed by atoms with Crippen molar-refractivity contribution in [3.8, 4) is 0 Å². The van der Waals surface area contributed by atoms with Gasteiger partial charge in [-0.15, -0.1) is 0 Å². The summed E-state index contributed by atoms with van der Waals surface area (Å²) in [6.07, 6.45) is 4.20. The standard InChI is InChI=1S/C13H15N5O2/c1-14-12-5-4-11(18(19)20)13(17-12)16-8-6-10-3-2-7-15-9-10/h2-5,7,9H,6,8H2,1H3,(H2,14,16,17). The van der Waals surface area contributed by atoms with Crippen molar-refractivity contribution in [2.24, 2.45) is 0 Å². The van der Waals surface area contributed by atoms with Crippen LogP contribution in [-0.2, 0) is 6.42 Å². The van der Waals surface area contributed by atoms with Crippen molar-refractivity contribution < 1.29 is 4.92 Å². The van der Waals surface area contributed by atoms with Gasteiger partial charge in [-0.3, -0.25) is 15.1 Å². The molecule has 2 rings (SSSR count). The highest BCUT2D eigenvalue weighted by atomic mass is 16.6. The number of nitrogens with zero attached hydrogens (tertiary/aromatic N) is 3. The summed E-state index contributed by atoms with van der Waals surface area (Å²) in [6.45, 7) is 0.548. The lowest BCUT2D eigenvalue weighted by Crippen LogP contribution is -2.09. The minimum absolute atomic E-state index is 0.0322. The molecule has 0 atom stereocenters. The van der Waals surface area contributed by atoms with Crippen molar-refractivity contribution in [2.45, 2.75) is 6.42 Å². The second kappa shape index (κ2) is 6.46. The van der Waals surface area contributed by atoms with Gasteiger partial charge in [-0.1, -0.05) is 6.07 Å². The molecule has 0 fully saturated rings. The van der Waals surface area contributed by atoms with Gasteiger partial charge in [0.1, 0.15) is 5.82 Å². The zero-order valence-corrected chi connectivity index (χ0v) is 11.0. The highest BCUT2D eigenvalue weighted by Gasteiger charge is 2.15. The Hall–Kier alpha value is -2.70. The molecule has 2 aromatic heterocycles. The summed E-state index contributed by atoms with van der Waals surface area (Å²) < 4.78 is 0. The van der Waals surface area contributed by atoms with E-state index < -0.39 is 4.92 Å². The van der Waals surface area contributed by atoms with Gasteiger partial charge in [0.05, 0.1) is 4.92 Å². The van der Waals surface area contributed by atoms with Gasteiger partial charge >= 0.3 is 5.69 Å². The Balaban J connectivity index is 2.06. The van der Waals surface area contributed by atoms with E-state index in [1.807, 2.05) is 12.1 Å². The first-order valence-electron chi connectivity index (χ1n) is 6.16. The summed E-state index contributed by atoms with van der Waals surface area (Å²) in [4.78, 5) is 18.7. The number of pyridine rings is 2. The molecule has 2 heterocycles. The van der Waals surface area contributed by atoms with Crippen LogP contribution in [0.1, 0.15) is 5.56 Å². The molecule has 0 radical (unpaired) electrons. The fourth-order valence-corrected chi connectivity index (χ4v) is 1.74. The van der Waals surface area contributed by atoms with Crippen LogP contribution in [0, 0.1) is 10.1 Å². The average molecular weight is 273 g/mol. The molecule has 0 aliphatic carbocycles. The van der Waals surface area contributed by atoms with Crippen LogP contribution in [-0.4, -0.2) is 28.5 Å². The fraction of sp³-hybridized carbons (Fsp3) is 0.231. The Labute approximate surface area is 116 Å². The van der Waals surface area contributed by atoms with Crippen LogP contribution >= 0.6 is 0 Å². The Morgan fingerprint density at radius 1 is 1.35 bits per heavy atom. The molecule has 0 amide bonds. The summed E-state index contributed by atoms with van der Waals surface area (Å²) in [5.74, 6) is 0.852. The van der Waals surface area contributed by atoms with Gasteiger partial charge in [0, 0.05) is 32.1 Å². The molecule has 0 saturated heterocycles. The maximum Gasteiger partial charge on any atom is 0.311 e. The summed E-state index contributed by atoms with van der Waals surface area (Å²) in [6, 6.07) is 6.83. The Morgan fingerprint density at radius 2 is 2.20 bits per heavy atom. The first kappa shape index (κ1) is 13.7. The van der Waals surface area contributed by atoms with Crippen molar-refractivity contribution in [3.63, 3.8) is 0 Å². The van der Waals surface area contributed by atoms with Gasteiger partial charge < -0.3 is 10.6 Å². The lowest BCUT2D eigenvalue weighted by atomic mass is 10.2. The van der Waals surface area contributed by atoms with E-state index in [9.17, 15) is 10.1 Å². The second-order valence-electron chi connectivity index (χ2n) is 4.11. The number of aromatic nitrogens is 2. The lowest BCUT2D eigenvalue weighted by Gasteiger charge is -2.08. The molecule has 2 aromatic rings. The first-order valence-corrected chi connectivity index (χ1v) is 6.16. The van der Waals surface area contributed by atoms with Gasteiger partial charge in [0.2, 0.25) is 5.82 Å². The molecule has 0 aliphatic rings. The lowest BCUT2D eigenvalue weighted by molar-refractivity contribution is -0.384. The van der Waals surface area contributed by atoms with E-state index in [2.05, 4.69) is 20.6 Å². The molecule has 7 nitrogen and oxygen atoms in total. The highest BCUT2D eigenvalue weighted by molar-refractivity contribution is 5.60. The first-order chi connectivity index (χ1) is 9.70. The average Bonchev–Trinajstić information content (AvgIpc) is 2.48. The molecule has 0 bridgehead atoms. The fourth-order valence-electron chi connectivity index (χ4n) is 1.74. The van der Waals surface area contributed by atoms with Crippen molar-refractivity contribution in [1.82, 2.24) is 9.97 Å². The minimum atomic E-state index is -0.446.